The van der Waals surface area contributed by atoms with Gasteiger partial charge in [0.15, 0.2) is 0 Å². The first-order chi connectivity index (χ1) is 10.1. The largest absolute Gasteiger partial charge is 0.322 e. The van der Waals surface area contributed by atoms with E-state index in [-0.39, 0.29) is 18.3 Å². The highest BCUT2D eigenvalue weighted by molar-refractivity contribution is 6.06. The molecule has 0 aromatic heterocycles. The van der Waals surface area contributed by atoms with Crippen molar-refractivity contribution in [2.45, 2.75) is 6.92 Å². The van der Waals surface area contributed by atoms with Gasteiger partial charge in [-0.25, -0.2) is 4.39 Å². The second-order valence-corrected chi connectivity index (χ2v) is 4.52. The molecule has 21 heavy (non-hydrogen) atoms. The van der Waals surface area contributed by atoms with Crippen molar-refractivity contribution in [3.63, 3.8) is 0 Å². The number of benzene rings is 2. The van der Waals surface area contributed by atoms with Crippen molar-refractivity contribution in [1.29, 1.82) is 0 Å². The molecular formula is C17H15FN2O. The highest BCUT2D eigenvalue weighted by atomic mass is 19.1. The molecule has 0 unspecified atom stereocenters. The zero-order chi connectivity index (χ0) is 15.2. The van der Waals surface area contributed by atoms with Gasteiger partial charge >= 0.3 is 0 Å². The van der Waals surface area contributed by atoms with E-state index in [4.69, 9.17) is 5.73 Å². The zero-order valence-corrected chi connectivity index (χ0v) is 11.6. The first-order valence-corrected chi connectivity index (χ1v) is 6.46. The Morgan fingerprint density at radius 2 is 1.95 bits per heavy atom. The number of amides is 1. The van der Waals surface area contributed by atoms with Gasteiger partial charge in [0.1, 0.15) is 5.82 Å². The first-order valence-electron chi connectivity index (χ1n) is 6.46. The molecule has 0 heterocycles. The minimum Gasteiger partial charge on any atom is -0.322 e. The molecule has 0 aliphatic rings. The number of hydrogen-bond acceptors (Lipinski definition) is 2. The monoisotopic (exact) mass is 282 g/mol. The molecule has 3 N–H and O–H groups in total. The molecule has 0 spiro atoms. The number of rotatable bonds is 2. The van der Waals surface area contributed by atoms with Crippen LogP contribution in [-0.2, 0) is 0 Å². The van der Waals surface area contributed by atoms with Crippen molar-refractivity contribution in [3.05, 3.63) is 65.0 Å². The van der Waals surface area contributed by atoms with Gasteiger partial charge in [-0.1, -0.05) is 17.9 Å². The molecular weight excluding hydrogens is 267 g/mol. The van der Waals surface area contributed by atoms with Crippen LogP contribution in [0, 0.1) is 24.6 Å². The molecule has 0 bridgehead atoms. The third-order valence-corrected chi connectivity index (χ3v) is 2.85. The van der Waals surface area contributed by atoms with Crippen molar-refractivity contribution >= 4 is 11.6 Å². The summed E-state index contributed by atoms with van der Waals surface area (Å²) in [4.78, 5) is 12.3. The molecule has 0 atom stereocenters. The summed E-state index contributed by atoms with van der Waals surface area (Å²) >= 11 is 0. The molecule has 2 aromatic rings. The lowest BCUT2D eigenvalue weighted by atomic mass is 10.0. The fourth-order valence-electron chi connectivity index (χ4n) is 1.84. The van der Waals surface area contributed by atoms with Gasteiger partial charge in [0.25, 0.3) is 5.91 Å². The lowest BCUT2D eigenvalue weighted by Gasteiger charge is -2.08. The van der Waals surface area contributed by atoms with E-state index in [2.05, 4.69) is 17.2 Å². The number of carbonyl (C=O) groups is 1. The normalized spacial score (nSPS) is 9.67. The lowest BCUT2D eigenvalue weighted by molar-refractivity contribution is 0.102. The van der Waals surface area contributed by atoms with Crippen LogP contribution < -0.4 is 11.1 Å². The quantitative estimate of drug-likeness (QED) is 0.832. The Hall–Kier alpha value is -2.64. The maximum atomic E-state index is 12.9. The van der Waals surface area contributed by atoms with Gasteiger partial charge in [0, 0.05) is 11.3 Å². The van der Waals surface area contributed by atoms with E-state index >= 15 is 0 Å². The minimum absolute atomic E-state index is 0.229. The first kappa shape index (κ1) is 14.8. The van der Waals surface area contributed by atoms with Crippen molar-refractivity contribution in [2.24, 2.45) is 5.73 Å². The number of carbonyl (C=O) groups excluding carboxylic acids is 1. The Morgan fingerprint density at radius 3 is 2.62 bits per heavy atom. The Balaban J connectivity index is 2.28. The maximum absolute atomic E-state index is 12.9. The number of aryl methyl sites for hydroxylation is 1. The molecule has 1 amide bonds. The molecule has 0 aliphatic heterocycles. The number of halogens is 1. The van der Waals surface area contributed by atoms with Crippen molar-refractivity contribution in [2.75, 3.05) is 11.9 Å². The predicted molar refractivity (Wildman–Crippen MR) is 81.5 cm³/mol. The summed E-state index contributed by atoms with van der Waals surface area (Å²) in [7, 11) is 0. The molecule has 0 aliphatic carbocycles. The molecule has 0 radical (unpaired) electrons. The highest BCUT2D eigenvalue weighted by Gasteiger charge is 2.10. The Morgan fingerprint density at radius 1 is 1.24 bits per heavy atom. The van der Waals surface area contributed by atoms with Crippen LogP contribution in [0.5, 0.6) is 0 Å². The average Bonchev–Trinajstić information content (AvgIpc) is 2.47. The van der Waals surface area contributed by atoms with Gasteiger partial charge < -0.3 is 11.1 Å². The lowest BCUT2D eigenvalue weighted by Crippen LogP contribution is -2.13. The predicted octanol–water partition coefficient (Wildman–Crippen LogP) is 2.70. The van der Waals surface area contributed by atoms with Crippen LogP contribution in [0.25, 0.3) is 0 Å². The standard InChI is InChI=1S/C17H15FN2O/c1-12-4-9-16(13(11-12)3-2-10-19)17(21)20-15-7-5-14(18)6-8-15/h4-9,11H,10,19H2,1H3,(H,20,21). The molecule has 0 fully saturated rings. The van der Waals surface area contributed by atoms with Gasteiger partial charge in [0.2, 0.25) is 0 Å². The average molecular weight is 282 g/mol. The van der Waals surface area contributed by atoms with Crippen molar-refractivity contribution < 1.29 is 9.18 Å². The van der Waals surface area contributed by atoms with Crippen LogP contribution >= 0.6 is 0 Å². The smallest absolute Gasteiger partial charge is 0.256 e. The van der Waals surface area contributed by atoms with E-state index in [0.29, 0.717) is 16.8 Å². The molecule has 106 valence electrons. The van der Waals surface area contributed by atoms with E-state index < -0.39 is 0 Å². The third-order valence-electron chi connectivity index (χ3n) is 2.85. The summed E-state index contributed by atoms with van der Waals surface area (Å²) in [6.45, 7) is 2.16. The van der Waals surface area contributed by atoms with Gasteiger partial charge in [-0.3, -0.25) is 4.79 Å². The molecule has 0 saturated heterocycles. The molecule has 2 rings (SSSR count). The Kier molecular flexibility index (Phi) is 4.70. The summed E-state index contributed by atoms with van der Waals surface area (Å²) in [5.41, 5.74) is 7.99. The minimum atomic E-state index is -0.349. The fourth-order valence-corrected chi connectivity index (χ4v) is 1.84. The van der Waals surface area contributed by atoms with E-state index in [1.165, 1.54) is 24.3 Å². The molecule has 2 aromatic carbocycles. The molecule has 4 heteroatoms. The second kappa shape index (κ2) is 6.69. The highest BCUT2D eigenvalue weighted by Crippen LogP contribution is 2.14. The van der Waals surface area contributed by atoms with E-state index in [1.54, 1.807) is 6.07 Å². The SMILES string of the molecule is Cc1ccc(C(=O)Nc2ccc(F)cc2)c(C#CCN)c1. The number of hydrogen-bond donors (Lipinski definition) is 2. The summed E-state index contributed by atoms with van der Waals surface area (Å²) in [6.07, 6.45) is 0. The van der Waals surface area contributed by atoms with Crippen LogP contribution in [0.15, 0.2) is 42.5 Å². The van der Waals surface area contributed by atoms with Crippen LogP contribution in [0.1, 0.15) is 21.5 Å². The number of nitrogens with one attached hydrogen (secondary N) is 1. The summed E-state index contributed by atoms with van der Waals surface area (Å²) in [6, 6.07) is 11.0. The van der Waals surface area contributed by atoms with E-state index in [0.717, 1.165) is 5.56 Å². The van der Waals surface area contributed by atoms with E-state index in [9.17, 15) is 9.18 Å². The molecule has 3 nitrogen and oxygen atoms in total. The summed E-state index contributed by atoms with van der Waals surface area (Å²) in [5, 5.41) is 2.72. The van der Waals surface area contributed by atoms with Gasteiger partial charge in [-0.05, 0) is 48.9 Å². The van der Waals surface area contributed by atoms with Crippen LogP contribution in [0.4, 0.5) is 10.1 Å². The topological polar surface area (TPSA) is 55.1 Å². The third kappa shape index (κ3) is 3.91. The second-order valence-electron chi connectivity index (χ2n) is 4.52. The zero-order valence-electron chi connectivity index (χ0n) is 11.6. The fraction of sp³-hybridized carbons (Fsp3) is 0.118. The van der Waals surface area contributed by atoms with Crippen LogP contribution in [-0.4, -0.2) is 12.5 Å². The van der Waals surface area contributed by atoms with Crippen molar-refractivity contribution in [1.82, 2.24) is 0 Å². The maximum Gasteiger partial charge on any atom is 0.256 e. The van der Waals surface area contributed by atoms with Crippen LogP contribution in [0.3, 0.4) is 0 Å². The molecule has 0 saturated carbocycles. The van der Waals surface area contributed by atoms with E-state index in [1.807, 2.05) is 19.1 Å². The Labute approximate surface area is 123 Å². The van der Waals surface area contributed by atoms with Crippen molar-refractivity contribution in [3.8, 4) is 11.8 Å². The summed E-state index contributed by atoms with van der Waals surface area (Å²) < 4.78 is 12.9. The number of nitrogens with two attached hydrogens (primary N) is 1. The van der Waals surface area contributed by atoms with Crippen LogP contribution in [0.2, 0.25) is 0 Å². The van der Waals surface area contributed by atoms with Gasteiger partial charge in [-0.2, -0.15) is 0 Å². The van der Waals surface area contributed by atoms with Gasteiger partial charge in [0.05, 0.1) is 12.1 Å². The Bertz CT molecular complexity index is 712. The number of anilines is 1. The van der Waals surface area contributed by atoms with Gasteiger partial charge in [-0.15, -0.1) is 0 Å². The summed E-state index contributed by atoms with van der Waals surface area (Å²) in [5.74, 6) is 5.00.